The van der Waals surface area contributed by atoms with Crippen molar-refractivity contribution in [3.8, 4) is 0 Å². The van der Waals surface area contributed by atoms with Crippen LogP contribution in [0.15, 0.2) is 77.0 Å². The van der Waals surface area contributed by atoms with E-state index in [0.717, 1.165) is 32.7 Å². The Morgan fingerprint density at radius 2 is 1.79 bits per heavy atom. The van der Waals surface area contributed by atoms with Crippen LogP contribution in [0.2, 0.25) is 0 Å². The molecule has 2 aromatic carbocycles. The fraction of sp³-hybridized carbons (Fsp3) is 0.100. The summed E-state index contributed by atoms with van der Waals surface area (Å²) < 4.78 is 41.4. The number of anilines is 1. The van der Waals surface area contributed by atoms with E-state index in [1.54, 1.807) is 11.3 Å². The van der Waals surface area contributed by atoms with Gasteiger partial charge in [-0.1, -0.05) is 30.4 Å². The molecule has 1 aliphatic rings. The molecule has 9 heteroatoms. The molecule has 0 atom stereocenters. The molecule has 2 aromatic heterocycles. The van der Waals surface area contributed by atoms with E-state index in [0.29, 0.717) is 17.7 Å². The number of benzene rings is 2. The van der Waals surface area contributed by atoms with Crippen molar-refractivity contribution >= 4 is 46.4 Å². The summed E-state index contributed by atoms with van der Waals surface area (Å²) in [6.07, 6.45) is 7.35. The first-order valence-corrected chi connectivity index (χ1v) is 12.9. The highest BCUT2D eigenvalue weighted by molar-refractivity contribution is 7.11. The van der Waals surface area contributed by atoms with Crippen molar-refractivity contribution in [3.05, 3.63) is 127 Å². The molecule has 1 aliphatic heterocycles. The molecule has 0 bridgehead atoms. The Hall–Kier alpha value is -4.50. The number of thiophene rings is 1. The molecule has 39 heavy (non-hydrogen) atoms. The van der Waals surface area contributed by atoms with Gasteiger partial charge in [-0.25, -0.2) is 13.2 Å². The summed E-state index contributed by atoms with van der Waals surface area (Å²) >= 11 is 1.55. The number of pyridine rings is 1. The van der Waals surface area contributed by atoms with E-state index in [2.05, 4.69) is 5.32 Å². The second-order valence-electron chi connectivity index (χ2n) is 8.93. The maximum atomic E-state index is 13.5. The molecule has 5 nitrogen and oxygen atoms in total. The van der Waals surface area contributed by atoms with Gasteiger partial charge in [-0.15, -0.1) is 11.3 Å². The van der Waals surface area contributed by atoms with Gasteiger partial charge < -0.3 is 9.88 Å². The van der Waals surface area contributed by atoms with Gasteiger partial charge >= 0.3 is 0 Å². The minimum absolute atomic E-state index is 0.0424. The minimum atomic E-state index is -1.58. The monoisotopic (exact) mass is 546 g/mol. The standard InChI is InChI=1S/C30H21F3N2O3S/c31-24-13-19(14-25(32)28(24)33)17-35-11-3-7-22(30(35)38)27(36)8-2-1-5-18-9-10-21-23(16-20-6-4-12-39-20)29(37)34-26(21)15-18/h1,3-7,9-16H,2,8,17H2,(H,34,37)/b5-1+,23-16-. The number of hydrogen-bond donors (Lipinski definition) is 1. The third-order valence-electron chi connectivity index (χ3n) is 6.22. The number of allylic oxidation sites excluding steroid dienone is 1. The predicted molar refractivity (Wildman–Crippen MR) is 146 cm³/mol. The smallest absolute Gasteiger partial charge is 0.261 e. The molecular formula is C30H21F3N2O3S. The van der Waals surface area contributed by atoms with Crippen LogP contribution in [0.5, 0.6) is 0 Å². The summed E-state index contributed by atoms with van der Waals surface area (Å²) in [6, 6.07) is 14.0. The zero-order valence-corrected chi connectivity index (χ0v) is 21.2. The Morgan fingerprint density at radius 1 is 1.00 bits per heavy atom. The van der Waals surface area contributed by atoms with Crippen LogP contribution >= 0.6 is 11.3 Å². The number of halogens is 3. The van der Waals surface area contributed by atoms with Crippen LogP contribution in [-0.2, 0) is 11.3 Å². The third-order valence-corrected chi connectivity index (χ3v) is 7.04. The van der Waals surface area contributed by atoms with Gasteiger partial charge in [0.05, 0.1) is 17.7 Å². The quantitative estimate of drug-likeness (QED) is 0.155. The van der Waals surface area contributed by atoms with Crippen molar-refractivity contribution in [1.29, 1.82) is 0 Å². The number of carbonyl (C=O) groups is 2. The van der Waals surface area contributed by atoms with Crippen LogP contribution in [-0.4, -0.2) is 16.3 Å². The predicted octanol–water partition coefficient (Wildman–Crippen LogP) is 6.54. The number of nitrogens with one attached hydrogen (secondary N) is 1. The van der Waals surface area contributed by atoms with E-state index in [9.17, 15) is 27.6 Å². The number of hydrogen-bond acceptors (Lipinski definition) is 4. The maximum Gasteiger partial charge on any atom is 0.261 e. The van der Waals surface area contributed by atoms with Gasteiger partial charge in [0.25, 0.3) is 11.5 Å². The fourth-order valence-electron chi connectivity index (χ4n) is 4.31. The van der Waals surface area contributed by atoms with Crippen LogP contribution in [0, 0.1) is 17.5 Å². The van der Waals surface area contributed by atoms with Crippen LogP contribution in [0.25, 0.3) is 17.7 Å². The Balaban J connectivity index is 1.23. The second kappa shape index (κ2) is 11.1. The summed E-state index contributed by atoms with van der Waals surface area (Å²) in [6.45, 7) is -0.215. The lowest BCUT2D eigenvalue weighted by atomic mass is 10.0. The zero-order valence-electron chi connectivity index (χ0n) is 20.4. The fourth-order valence-corrected chi connectivity index (χ4v) is 4.97. The lowest BCUT2D eigenvalue weighted by Crippen LogP contribution is -2.26. The van der Waals surface area contributed by atoms with Gasteiger partial charge in [-0.05, 0) is 65.4 Å². The van der Waals surface area contributed by atoms with E-state index < -0.39 is 23.0 Å². The number of ketones is 1. The summed E-state index contributed by atoms with van der Waals surface area (Å²) in [5.74, 6) is -4.81. The molecule has 1 N–H and O–H groups in total. The molecule has 0 radical (unpaired) electrons. The Bertz CT molecular complexity index is 1680. The van der Waals surface area contributed by atoms with Crippen molar-refractivity contribution < 1.29 is 22.8 Å². The largest absolute Gasteiger partial charge is 0.321 e. The maximum absolute atomic E-state index is 13.5. The van der Waals surface area contributed by atoms with E-state index in [1.807, 2.05) is 53.9 Å². The number of Topliss-reactive ketones (excluding diaryl/α,β-unsaturated/α-hetero) is 1. The number of fused-ring (bicyclic) bond motifs is 1. The summed E-state index contributed by atoms with van der Waals surface area (Å²) in [5.41, 5.74) is 2.41. The van der Waals surface area contributed by atoms with Crippen LogP contribution in [0.1, 0.15) is 44.8 Å². The van der Waals surface area contributed by atoms with Crippen LogP contribution in [0.3, 0.4) is 0 Å². The molecule has 3 heterocycles. The average molecular weight is 547 g/mol. The Kier molecular flexibility index (Phi) is 7.42. The van der Waals surface area contributed by atoms with Crippen molar-refractivity contribution in [1.82, 2.24) is 4.57 Å². The van der Waals surface area contributed by atoms with Crippen molar-refractivity contribution in [2.24, 2.45) is 0 Å². The average Bonchev–Trinajstić information content (AvgIpc) is 3.53. The topological polar surface area (TPSA) is 68.2 Å². The molecule has 4 aromatic rings. The van der Waals surface area contributed by atoms with Gasteiger partial charge in [0, 0.05) is 28.7 Å². The number of aromatic nitrogens is 1. The van der Waals surface area contributed by atoms with Crippen LogP contribution in [0.4, 0.5) is 18.9 Å². The molecule has 1 amide bonds. The van der Waals surface area contributed by atoms with E-state index in [4.69, 9.17) is 0 Å². The Morgan fingerprint density at radius 3 is 2.54 bits per heavy atom. The summed E-state index contributed by atoms with van der Waals surface area (Å²) in [5, 5.41) is 4.83. The van der Waals surface area contributed by atoms with E-state index in [1.165, 1.54) is 18.3 Å². The van der Waals surface area contributed by atoms with Crippen molar-refractivity contribution in [2.45, 2.75) is 19.4 Å². The van der Waals surface area contributed by atoms with E-state index in [-0.39, 0.29) is 35.8 Å². The van der Waals surface area contributed by atoms with Crippen molar-refractivity contribution in [3.63, 3.8) is 0 Å². The second-order valence-corrected chi connectivity index (χ2v) is 9.90. The number of amides is 1. The first-order chi connectivity index (χ1) is 18.8. The van der Waals surface area contributed by atoms with Gasteiger partial charge in [0.15, 0.2) is 23.2 Å². The summed E-state index contributed by atoms with van der Waals surface area (Å²) in [4.78, 5) is 38.9. The number of nitrogens with zero attached hydrogens (tertiary/aromatic N) is 1. The van der Waals surface area contributed by atoms with Crippen molar-refractivity contribution in [2.75, 3.05) is 5.32 Å². The minimum Gasteiger partial charge on any atom is -0.321 e. The normalized spacial score (nSPS) is 13.7. The van der Waals surface area contributed by atoms with E-state index >= 15 is 0 Å². The van der Waals surface area contributed by atoms with Gasteiger partial charge in [-0.3, -0.25) is 14.4 Å². The van der Waals surface area contributed by atoms with Gasteiger partial charge in [-0.2, -0.15) is 0 Å². The SMILES string of the molecule is O=C1Nc2cc(/C=C/CCC(=O)c3cccn(Cc4cc(F)c(F)c(F)c4)c3=O)ccc2/C1=C/c1cccs1. The molecule has 0 fully saturated rings. The third kappa shape index (κ3) is 5.68. The molecule has 196 valence electrons. The zero-order chi connectivity index (χ0) is 27.5. The molecule has 0 saturated carbocycles. The molecule has 5 rings (SSSR count). The molecular weight excluding hydrogens is 525 g/mol. The van der Waals surface area contributed by atoms with Gasteiger partial charge in [0.2, 0.25) is 0 Å². The van der Waals surface area contributed by atoms with Crippen LogP contribution < -0.4 is 10.9 Å². The Labute approximate surface area is 225 Å². The first-order valence-electron chi connectivity index (χ1n) is 12.0. The molecule has 0 saturated heterocycles. The highest BCUT2D eigenvalue weighted by atomic mass is 32.1. The molecule has 0 spiro atoms. The number of rotatable bonds is 8. The number of carbonyl (C=O) groups excluding carboxylic acids is 2. The lowest BCUT2D eigenvalue weighted by molar-refractivity contribution is -0.110. The first kappa shape index (κ1) is 26.1. The molecule has 0 aliphatic carbocycles. The highest BCUT2D eigenvalue weighted by Gasteiger charge is 2.24. The summed E-state index contributed by atoms with van der Waals surface area (Å²) in [7, 11) is 0. The lowest BCUT2D eigenvalue weighted by Gasteiger charge is -2.08. The molecule has 0 unspecified atom stereocenters. The van der Waals surface area contributed by atoms with Gasteiger partial charge in [0.1, 0.15) is 0 Å². The highest BCUT2D eigenvalue weighted by Crippen LogP contribution is 2.34.